The lowest BCUT2D eigenvalue weighted by Crippen LogP contribution is -2.30. The smallest absolute Gasteiger partial charge is 0.348 e. The summed E-state index contributed by atoms with van der Waals surface area (Å²) < 4.78 is 12.4. The second kappa shape index (κ2) is 12.1. The van der Waals surface area contributed by atoms with Crippen LogP contribution in [0.25, 0.3) is 0 Å². The largest absolute Gasteiger partial charge is 0.497 e. The second-order valence-corrected chi connectivity index (χ2v) is 8.88. The van der Waals surface area contributed by atoms with Crippen molar-refractivity contribution in [1.29, 1.82) is 0 Å². The van der Waals surface area contributed by atoms with Crippen molar-refractivity contribution in [2.45, 2.75) is 51.1 Å². The van der Waals surface area contributed by atoms with Gasteiger partial charge in [0.25, 0.3) is 0 Å². The first-order valence-corrected chi connectivity index (χ1v) is 12.5. The van der Waals surface area contributed by atoms with Gasteiger partial charge < -0.3 is 19.7 Å². The van der Waals surface area contributed by atoms with Crippen molar-refractivity contribution in [2.24, 2.45) is 0 Å². The van der Waals surface area contributed by atoms with E-state index >= 15 is 0 Å². The molecule has 0 radical (unpaired) electrons. The van der Waals surface area contributed by atoms with Gasteiger partial charge in [0.2, 0.25) is 5.91 Å². The van der Waals surface area contributed by atoms with Crippen LogP contribution in [-0.2, 0) is 24.2 Å². The number of hydrogen-bond donors (Lipinski definition) is 1. The maximum Gasteiger partial charge on any atom is 0.348 e. The third-order valence-electron chi connectivity index (χ3n) is 5.97. The van der Waals surface area contributed by atoms with E-state index in [9.17, 15) is 9.59 Å². The summed E-state index contributed by atoms with van der Waals surface area (Å²) in [7, 11) is 3.12. The summed E-state index contributed by atoms with van der Waals surface area (Å²) in [4.78, 5) is 32.1. The first-order valence-electron chi connectivity index (χ1n) is 11.5. The Bertz CT molecular complexity index is 1020. The van der Waals surface area contributed by atoms with E-state index in [0.29, 0.717) is 28.8 Å². The Balaban J connectivity index is 1.66. The highest BCUT2D eigenvalue weighted by Crippen LogP contribution is 2.31. The maximum atomic E-state index is 12.8. The molecule has 8 nitrogen and oxygen atoms in total. The van der Waals surface area contributed by atoms with E-state index in [-0.39, 0.29) is 17.3 Å². The van der Waals surface area contributed by atoms with Gasteiger partial charge >= 0.3 is 5.69 Å². The van der Waals surface area contributed by atoms with Crippen LogP contribution in [0.3, 0.4) is 0 Å². The highest BCUT2D eigenvalue weighted by Gasteiger charge is 2.22. The number of rotatable bonds is 12. The van der Waals surface area contributed by atoms with E-state index in [1.165, 1.54) is 11.8 Å². The van der Waals surface area contributed by atoms with E-state index in [0.717, 1.165) is 56.6 Å². The van der Waals surface area contributed by atoms with E-state index in [4.69, 9.17) is 9.47 Å². The quantitative estimate of drug-likeness (QED) is 0.373. The lowest BCUT2D eigenvalue weighted by Gasteiger charge is -2.19. The van der Waals surface area contributed by atoms with Crippen molar-refractivity contribution in [3.05, 3.63) is 39.9 Å². The highest BCUT2D eigenvalue weighted by atomic mass is 32.2. The van der Waals surface area contributed by atoms with Gasteiger partial charge in [-0.1, -0.05) is 25.6 Å². The predicted octanol–water partition coefficient (Wildman–Crippen LogP) is 3.21. The van der Waals surface area contributed by atoms with Crippen LogP contribution in [-0.4, -0.2) is 60.0 Å². The zero-order chi connectivity index (χ0) is 23.8. The molecule has 9 heteroatoms. The number of thioether (sulfide) groups is 1. The first kappa shape index (κ1) is 25.1. The molecule has 1 N–H and O–H groups in total. The first-order chi connectivity index (χ1) is 16.0. The lowest BCUT2D eigenvalue weighted by molar-refractivity contribution is -0.113. The monoisotopic (exact) mass is 474 g/mol. The third-order valence-corrected chi connectivity index (χ3v) is 6.99. The zero-order valence-electron chi connectivity index (χ0n) is 20.0. The molecule has 2 aromatic rings. The predicted molar refractivity (Wildman–Crippen MR) is 132 cm³/mol. The van der Waals surface area contributed by atoms with Crippen molar-refractivity contribution in [3.63, 3.8) is 0 Å². The molecule has 33 heavy (non-hydrogen) atoms. The molecule has 0 bridgehead atoms. The second-order valence-electron chi connectivity index (χ2n) is 7.91. The Morgan fingerprint density at radius 2 is 2.00 bits per heavy atom. The summed E-state index contributed by atoms with van der Waals surface area (Å²) in [5.41, 5.74) is 2.58. The minimum atomic E-state index is -0.213. The van der Waals surface area contributed by atoms with Crippen molar-refractivity contribution < 1.29 is 14.3 Å². The van der Waals surface area contributed by atoms with Crippen LogP contribution in [0.15, 0.2) is 28.0 Å². The molecule has 0 atom stereocenters. The van der Waals surface area contributed by atoms with E-state index < -0.39 is 0 Å². The number of methoxy groups -OCH3 is 2. The fourth-order valence-electron chi connectivity index (χ4n) is 4.15. The average molecular weight is 475 g/mol. The summed E-state index contributed by atoms with van der Waals surface area (Å²) in [6.07, 6.45) is 3.73. The molecule has 0 spiro atoms. The molecular weight excluding hydrogens is 440 g/mol. The molecule has 3 rings (SSSR count). The normalized spacial score (nSPS) is 12.6. The standard InChI is InChI=1S/C24H34N4O4S/c1-5-27(6-2)13-8-14-28-20-10-7-9-18(20)23(26-24(28)30)33-16-22(29)25-19-12-11-17(31-3)15-21(19)32-4/h11-12,15H,5-10,13-14,16H2,1-4H3,(H,25,29). The van der Waals surface area contributed by atoms with E-state index in [1.54, 1.807) is 32.4 Å². The molecule has 0 unspecified atom stereocenters. The van der Waals surface area contributed by atoms with Gasteiger partial charge in [-0.2, -0.15) is 4.98 Å². The van der Waals surface area contributed by atoms with Gasteiger partial charge in [-0.15, -0.1) is 0 Å². The van der Waals surface area contributed by atoms with Gasteiger partial charge in [0, 0.05) is 23.9 Å². The van der Waals surface area contributed by atoms with Gasteiger partial charge in [0.1, 0.15) is 16.5 Å². The molecule has 1 aromatic heterocycles. The molecule has 1 aliphatic rings. The number of benzene rings is 1. The summed E-state index contributed by atoms with van der Waals surface area (Å²) >= 11 is 1.32. The van der Waals surface area contributed by atoms with Crippen LogP contribution in [0.4, 0.5) is 5.69 Å². The molecular formula is C24H34N4O4S. The zero-order valence-corrected chi connectivity index (χ0v) is 20.8. The number of carbonyl (C=O) groups is 1. The minimum absolute atomic E-state index is 0.167. The minimum Gasteiger partial charge on any atom is -0.497 e. The number of aromatic nitrogens is 2. The lowest BCUT2D eigenvalue weighted by atomic mass is 10.2. The van der Waals surface area contributed by atoms with Crippen LogP contribution in [0.2, 0.25) is 0 Å². The number of hydrogen-bond acceptors (Lipinski definition) is 7. The average Bonchev–Trinajstić information content (AvgIpc) is 3.32. The number of amides is 1. The van der Waals surface area contributed by atoms with Crippen LogP contribution in [0.5, 0.6) is 11.5 Å². The van der Waals surface area contributed by atoms with Gasteiger partial charge in [0.05, 0.1) is 25.7 Å². The summed E-state index contributed by atoms with van der Waals surface area (Å²) in [5, 5.41) is 3.55. The van der Waals surface area contributed by atoms with Crippen molar-refractivity contribution in [3.8, 4) is 11.5 Å². The number of anilines is 1. The SMILES string of the molecule is CCN(CC)CCCn1c2c(c(SCC(=O)Nc3ccc(OC)cc3OC)nc1=O)CCC2. The molecule has 1 amide bonds. The summed E-state index contributed by atoms with van der Waals surface area (Å²) in [5.74, 6) is 1.16. The molecule has 0 fully saturated rings. The van der Waals surface area contributed by atoms with E-state index in [2.05, 4.69) is 29.0 Å². The van der Waals surface area contributed by atoms with Gasteiger partial charge in [-0.3, -0.25) is 9.36 Å². The van der Waals surface area contributed by atoms with Gasteiger partial charge in [-0.05, 0) is 57.5 Å². The Hall–Kier alpha value is -2.52. The highest BCUT2D eigenvalue weighted by molar-refractivity contribution is 8.00. The number of carbonyl (C=O) groups excluding carboxylic acids is 1. The Kier molecular flexibility index (Phi) is 9.20. The fourth-order valence-corrected chi connectivity index (χ4v) is 5.03. The number of ether oxygens (including phenoxy) is 2. The van der Waals surface area contributed by atoms with Crippen molar-refractivity contribution >= 4 is 23.4 Å². The number of nitrogens with one attached hydrogen (secondary N) is 1. The topological polar surface area (TPSA) is 85.7 Å². The van der Waals surface area contributed by atoms with Crippen LogP contribution in [0, 0.1) is 0 Å². The molecule has 1 aliphatic carbocycles. The van der Waals surface area contributed by atoms with Crippen LogP contribution >= 0.6 is 11.8 Å². The Morgan fingerprint density at radius 1 is 1.21 bits per heavy atom. The Labute approximate surface area is 199 Å². The van der Waals surface area contributed by atoms with Crippen LogP contribution in [0.1, 0.15) is 37.9 Å². The van der Waals surface area contributed by atoms with Crippen LogP contribution < -0.4 is 20.5 Å². The van der Waals surface area contributed by atoms with Crippen molar-refractivity contribution in [1.82, 2.24) is 14.5 Å². The molecule has 0 aliphatic heterocycles. The van der Waals surface area contributed by atoms with Gasteiger partial charge in [-0.25, -0.2) is 4.79 Å². The maximum absolute atomic E-state index is 12.8. The molecule has 0 saturated carbocycles. The molecule has 1 aromatic carbocycles. The fraction of sp³-hybridized carbons (Fsp3) is 0.542. The van der Waals surface area contributed by atoms with Crippen molar-refractivity contribution in [2.75, 3.05) is 44.9 Å². The number of fused-ring (bicyclic) bond motifs is 1. The number of nitrogens with zero attached hydrogens (tertiary/aromatic N) is 3. The molecule has 180 valence electrons. The third kappa shape index (κ3) is 6.29. The summed E-state index contributed by atoms with van der Waals surface area (Å²) in [6.45, 7) is 8.00. The molecule has 0 saturated heterocycles. The summed E-state index contributed by atoms with van der Waals surface area (Å²) in [6, 6.07) is 5.23. The molecule has 1 heterocycles. The Morgan fingerprint density at radius 3 is 2.70 bits per heavy atom. The van der Waals surface area contributed by atoms with Gasteiger partial charge in [0.15, 0.2) is 0 Å². The van der Waals surface area contributed by atoms with E-state index in [1.807, 2.05) is 4.57 Å².